The van der Waals surface area contributed by atoms with Crippen LogP contribution in [0.1, 0.15) is 6.42 Å². The Morgan fingerprint density at radius 1 is 0.810 bits per heavy atom. The summed E-state index contributed by atoms with van der Waals surface area (Å²) in [7, 11) is 0.577. The first kappa shape index (κ1) is 17.9. The van der Waals surface area contributed by atoms with Crippen molar-refractivity contribution in [2.75, 3.05) is 20.8 Å². The molecular weight excluding hydrogens is 315 g/mol. The highest BCUT2D eigenvalue weighted by Gasteiger charge is 2.29. The molecule has 1 rings (SSSR count). The molecule has 120 valence electrons. The van der Waals surface area contributed by atoms with Crippen LogP contribution in [0.2, 0.25) is 12.6 Å². The molecule has 0 heterocycles. The van der Waals surface area contributed by atoms with Crippen molar-refractivity contribution in [3.63, 3.8) is 0 Å². The molecule has 0 bridgehead atoms. The molecule has 0 aliphatic carbocycles. The maximum atomic E-state index is 13.3. The van der Waals surface area contributed by atoms with Crippen molar-refractivity contribution < 1.29 is 35.5 Å². The fraction of sp³-hybridized carbons (Fsp3) is 0.500. The van der Waals surface area contributed by atoms with Crippen LogP contribution in [0.4, 0.5) is 22.0 Å². The second kappa shape index (κ2) is 7.19. The van der Waals surface area contributed by atoms with Gasteiger partial charge in [0.15, 0.2) is 5.75 Å². The second-order valence-corrected chi connectivity index (χ2v) is 7.98. The van der Waals surface area contributed by atoms with Crippen molar-refractivity contribution >= 4 is 8.56 Å². The summed E-state index contributed by atoms with van der Waals surface area (Å²) in [6.07, 6.45) is 0.282. The van der Waals surface area contributed by atoms with Crippen molar-refractivity contribution in [3.8, 4) is 5.75 Å². The summed E-state index contributed by atoms with van der Waals surface area (Å²) in [6.45, 7) is 1.54. The lowest BCUT2D eigenvalue weighted by atomic mass is 10.2. The van der Waals surface area contributed by atoms with Crippen LogP contribution in [0.3, 0.4) is 0 Å². The fourth-order valence-electron chi connectivity index (χ4n) is 1.57. The van der Waals surface area contributed by atoms with Crippen LogP contribution in [0.15, 0.2) is 0 Å². The minimum Gasteiger partial charge on any atom is -0.487 e. The third-order valence-corrected chi connectivity index (χ3v) is 6.04. The zero-order valence-corrected chi connectivity index (χ0v) is 12.7. The quantitative estimate of drug-likeness (QED) is 0.252. The van der Waals surface area contributed by atoms with E-state index in [2.05, 4.69) is 4.74 Å². The van der Waals surface area contributed by atoms with Crippen LogP contribution in [0.5, 0.6) is 5.75 Å². The highest BCUT2D eigenvalue weighted by Crippen LogP contribution is 2.29. The number of hydrogen-bond acceptors (Lipinski definition) is 3. The van der Waals surface area contributed by atoms with Crippen LogP contribution in [-0.4, -0.2) is 29.4 Å². The topological polar surface area (TPSA) is 27.7 Å². The average Bonchev–Trinajstić information content (AvgIpc) is 2.50. The summed E-state index contributed by atoms with van der Waals surface area (Å²) < 4.78 is 80.4. The third kappa shape index (κ3) is 3.92. The van der Waals surface area contributed by atoms with E-state index in [1.165, 1.54) is 14.2 Å². The van der Waals surface area contributed by atoms with Crippen molar-refractivity contribution in [2.45, 2.75) is 19.0 Å². The lowest BCUT2D eigenvalue weighted by Crippen LogP contribution is -2.36. The van der Waals surface area contributed by atoms with E-state index in [0.717, 1.165) is 0 Å². The zero-order valence-electron chi connectivity index (χ0n) is 11.7. The van der Waals surface area contributed by atoms with Crippen molar-refractivity contribution in [2.24, 2.45) is 0 Å². The molecule has 21 heavy (non-hydrogen) atoms. The molecule has 0 radical (unpaired) electrons. The molecule has 1 aromatic carbocycles. The first-order valence-corrected chi connectivity index (χ1v) is 8.54. The number of benzene rings is 1. The standard InChI is InChI=1S/C12H15F5O3Si/c1-18-21(3,19-2)6-4-5-20-12-10(16)8(14)7(13)9(15)11(12)17/h4-6H2,1-3H3. The molecule has 0 unspecified atom stereocenters. The maximum Gasteiger partial charge on any atom is 0.334 e. The van der Waals surface area contributed by atoms with Gasteiger partial charge in [0, 0.05) is 14.2 Å². The predicted octanol–water partition coefficient (Wildman–Crippen LogP) is 3.52. The van der Waals surface area contributed by atoms with Gasteiger partial charge in [-0.3, -0.25) is 0 Å². The SMILES string of the molecule is CO[Si](C)(CCCOc1c(F)c(F)c(F)c(F)c1F)OC. The molecule has 0 aromatic heterocycles. The highest BCUT2D eigenvalue weighted by atomic mass is 28.4. The van der Waals surface area contributed by atoms with Gasteiger partial charge in [-0.2, -0.15) is 8.78 Å². The Balaban J connectivity index is 2.73. The minimum atomic E-state index is -2.37. The Bertz CT molecular complexity index is 479. The Labute approximate surface area is 119 Å². The van der Waals surface area contributed by atoms with Crippen molar-refractivity contribution in [1.82, 2.24) is 0 Å². The Kier molecular flexibility index (Phi) is 6.11. The van der Waals surface area contributed by atoms with Crippen LogP contribution in [-0.2, 0) is 8.85 Å². The molecule has 0 spiro atoms. The molecule has 0 aliphatic heterocycles. The molecule has 0 N–H and O–H groups in total. The van der Waals surface area contributed by atoms with Gasteiger partial charge in [-0.1, -0.05) is 0 Å². The van der Waals surface area contributed by atoms with Crippen LogP contribution >= 0.6 is 0 Å². The molecule has 0 amide bonds. The summed E-state index contributed by atoms with van der Waals surface area (Å²) in [5.74, 6) is -11.5. The van der Waals surface area contributed by atoms with E-state index in [1.54, 1.807) is 6.55 Å². The van der Waals surface area contributed by atoms with Gasteiger partial charge in [-0.25, -0.2) is 13.2 Å². The smallest absolute Gasteiger partial charge is 0.334 e. The number of rotatable bonds is 7. The summed E-state index contributed by atoms with van der Waals surface area (Å²) >= 11 is 0. The highest BCUT2D eigenvalue weighted by molar-refractivity contribution is 6.65. The molecular formula is C12H15F5O3Si. The minimum absolute atomic E-state index is 0.229. The first-order valence-electron chi connectivity index (χ1n) is 6.02. The summed E-state index contributed by atoms with van der Waals surface area (Å²) in [5, 5.41) is 0. The summed E-state index contributed by atoms with van der Waals surface area (Å²) in [5.41, 5.74) is 0. The van der Waals surface area contributed by atoms with E-state index in [-0.39, 0.29) is 13.0 Å². The number of ether oxygens (including phenoxy) is 1. The lowest BCUT2D eigenvalue weighted by molar-refractivity contribution is 0.234. The van der Waals surface area contributed by atoms with Gasteiger partial charge in [-0.15, -0.1) is 0 Å². The largest absolute Gasteiger partial charge is 0.487 e. The van der Waals surface area contributed by atoms with E-state index in [9.17, 15) is 22.0 Å². The third-order valence-electron chi connectivity index (χ3n) is 3.05. The Morgan fingerprint density at radius 3 is 1.67 bits per heavy atom. The van der Waals surface area contributed by atoms with E-state index in [1.807, 2.05) is 0 Å². The van der Waals surface area contributed by atoms with E-state index < -0.39 is 43.4 Å². The van der Waals surface area contributed by atoms with Gasteiger partial charge >= 0.3 is 8.56 Å². The zero-order chi connectivity index (χ0) is 16.2. The molecule has 0 saturated carbocycles. The van der Waals surface area contributed by atoms with Gasteiger partial charge in [0.05, 0.1) is 6.61 Å². The Morgan fingerprint density at radius 2 is 1.24 bits per heavy atom. The van der Waals surface area contributed by atoms with E-state index >= 15 is 0 Å². The van der Waals surface area contributed by atoms with Gasteiger partial charge in [0.25, 0.3) is 0 Å². The van der Waals surface area contributed by atoms with Gasteiger partial charge in [0.1, 0.15) is 0 Å². The van der Waals surface area contributed by atoms with Crippen LogP contribution in [0.25, 0.3) is 0 Å². The van der Waals surface area contributed by atoms with Gasteiger partial charge < -0.3 is 13.6 Å². The molecule has 0 aliphatic rings. The van der Waals surface area contributed by atoms with Crippen LogP contribution in [0, 0.1) is 29.1 Å². The fourth-order valence-corrected chi connectivity index (χ4v) is 2.93. The van der Waals surface area contributed by atoms with Crippen molar-refractivity contribution in [3.05, 3.63) is 29.1 Å². The predicted molar refractivity (Wildman–Crippen MR) is 66.8 cm³/mol. The monoisotopic (exact) mass is 330 g/mol. The Hall–Kier alpha value is -1.19. The molecule has 3 nitrogen and oxygen atoms in total. The normalized spacial score (nSPS) is 11.8. The number of halogens is 5. The molecule has 0 atom stereocenters. The average molecular weight is 330 g/mol. The summed E-state index contributed by atoms with van der Waals surface area (Å²) in [4.78, 5) is 0. The summed E-state index contributed by atoms with van der Waals surface area (Å²) in [6, 6.07) is 0.440. The second-order valence-electron chi connectivity index (χ2n) is 4.39. The lowest BCUT2D eigenvalue weighted by Gasteiger charge is -2.22. The van der Waals surface area contributed by atoms with Gasteiger partial charge in [-0.05, 0) is 19.0 Å². The molecule has 0 fully saturated rings. The molecule has 0 saturated heterocycles. The van der Waals surface area contributed by atoms with Gasteiger partial charge in [0.2, 0.25) is 29.1 Å². The molecule has 9 heteroatoms. The number of hydrogen-bond donors (Lipinski definition) is 0. The van der Waals surface area contributed by atoms with Crippen LogP contribution < -0.4 is 4.74 Å². The maximum absolute atomic E-state index is 13.3. The van der Waals surface area contributed by atoms with E-state index in [4.69, 9.17) is 8.85 Å². The molecule has 1 aromatic rings. The van der Waals surface area contributed by atoms with E-state index in [0.29, 0.717) is 6.04 Å². The van der Waals surface area contributed by atoms with Crippen molar-refractivity contribution in [1.29, 1.82) is 0 Å². The first-order chi connectivity index (χ1) is 9.77.